The summed E-state index contributed by atoms with van der Waals surface area (Å²) in [4.78, 5) is 14.8. The van der Waals surface area contributed by atoms with Crippen molar-refractivity contribution in [2.24, 2.45) is 0 Å². The molecule has 1 aromatic rings. The van der Waals surface area contributed by atoms with Crippen LogP contribution in [-0.2, 0) is 6.54 Å². The normalized spacial score (nSPS) is 16.9. The van der Waals surface area contributed by atoms with Crippen LogP contribution in [0.3, 0.4) is 0 Å². The van der Waals surface area contributed by atoms with Gasteiger partial charge in [0.05, 0.1) is 0 Å². The van der Waals surface area contributed by atoms with E-state index in [-0.39, 0.29) is 5.91 Å². The van der Waals surface area contributed by atoms with Crippen LogP contribution >= 0.6 is 0 Å². The first-order valence-corrected chi connectivity index (χ1v) is 11.9. The molecule has 8 nitrogen and oxygen atoms in total. The van der Waals surface area contributed by atoms with Gasteiger partial charge in [-0.2, -0.15) is 0 Å². The summed E-state index contributed by atoms with van der Waals surface area (Å²) in [5.74, 6) is 0.00931. The smallest absolute Gasteiger partial charge is 0.251 e. The Morgan fingerprint density at radius 2 is 1.42 bits per heavy atom. The summed E-state index contributed by atoms with van der Waals surface area (Å²) in [6.45, 7) is 12.6. The fraction of sp³-hybridized carbons (Fsp3) is 0.696. The molecule has 0 aliphatic carbocycles. The summed E-state index contributed by atoms with van der Waals surface area (Å²) in [5, 5.41) is 20.0. The molecular weight excluding hydrogens is 390 g/mol. The SMILES string of the molecule is CNCCCNCCCNC(=O)c1ccc(CN2CCNCCNCCNCC2)cc1. The van der Waals surface area contributed by atoms with E-state index in [0.29, 0.717) is 6.54 Å². The van der Waals surface area contributed by atoms with Crippen LogP contribution in [0, 0.1) is 0 Å². The Bertz CT molecular complexity index is 570. The Hall–Kier alpha value is -1.55. The van der Waals surface area contributed by atoms with Gasteiger partial charge in [-0.3, -0.25) is 9.69 Å². The first-order valence-electron chi connectivity index (χ1n) is 11.9. The Kier molecular flexibility index (Phi) is 14.1. The molecule has 0 unspecified atom stereocenters. The highest BCUT2D eigenvalue weighted by molar-refractivity contribution is 5.94. The summed E-state index contributed by atoms with van der Waals surface area (Å²) < 4.78 is 0. The van der Waals surface area contributed by atoms with Gasteiger partial charge in [0.25, 0.3) is 5.91 Å². The molecule has 2 rings (SSSR count). The standard InChI is InChI=1S/C23H43N7O/c1-24-8-2-9-25-10-3-11-29-23(31)22-6-4-21(5-7-22)20-30-18-16-27-14-12-26-13-15-28-17-19-30/h4-7,24-28H,2-3,8-20H2,1H3,(H,29,31). The topological polar surface area (TPSA) is 92.5 Å². The lowest BCUT2D eigenvalue weighted by Gasteiger charge is -2.24. The van der Waals surface area contributed by atoms with Crippen molar-refractivity contribution in [1.82, 2.24) is 36.8 Å². The zero-order valence-corrected chi connectivity index (χ0v) is 19.3. The molecule has 1 heterocycles. The van der Waals surface area contributed by atoms with Crippen LogP contribution in [0.2, 0.25) is 0 Å². The average Bonchev–Trinajstić information content (AvgIpc) is 2.78. The van der Waals surface area contributed by atoms with E-state index in [9.17, 15) is 4.79 Å². The van der Waals surface area contributed by atoms with E-state index in [1.807, 2.05) is 19.2 Å². The number of hydrogen-bond acceptors (Lipinski definition) is 7. The molecule has 1 aliphatic heterocycles. The highest BCUT2D eigenvalue weighted by Crippen LogP contribution is 2.08. The summed E-state index contributed by atoms with van der Waals surface area (Å²) >= 11 is 0. The number of benzene rings is 1. The molecule has 1 aliphatic rings. The maximum absolute atomic E-state index is 12.4. The van der Waals surface area contributed by atoms with Gasteiger partial charge in [0.1, 0.15) is 0 Å². The van der Waals surface area contributed by atoms with Crippen LogP contribution in [0.5, 0.6) is 0 Å². The maximum atomic E-state index is 12.4. The minimum Gasteiger partial charge on any atom is -0.352 e. The second kappa shape index (κ2) is 17.1. The lowest BCUT2D eigenvalue weighted by atomic mass is 10.1. The van der Waals surface area contributed by atoms with Crippen LogP contribution in [0.25, 0.3) is 0 Å². The second-order valence-electron chi connectivity index (χ2n) is 8.04. The molecule has 0 aromatic heterocycles. The van der Waals surface area contributed by atoms with E-state index in [0.717, 1.165) is 96.9 Å². The monoisotopic (exact) mass is 433 g/mol. The first kappa shape index (κ1) is 25.7. The lowest BCUT2D eigenvalue weighted by molar-refractivity contribution is 0.0953. The van der Waals surface area contributed by atoms with Crippen LogP contribution in [0.15, 0.2) is 24.3 Å². The van der Waals surface area contributed by atoms with Crippen LogP contribution in [0.4, 0.5) is 0 Å². The van der Waals surface area contributed by atoms with E-state index in [1.54, 1.807) is 0 Å². The van der Waals surface area contributed by atoms with Crippen molar-refractivity contribution < 1.29 is 4.79 Å². The van der Waals surface area contributed by atoms with Gasteiger partial charge < -0.3 is 31.9 Å². The Morgan fingerprint density at radius 1 is 0.839 bits per heavy atom. The number of nitrogens with zero attached hydrogens (tertiary/aromatic N) is 1. The van der Waals surface area contributed by atoms with E-state index in [4.69, 9.17) is 0 Å². The van der Waals surface area contributed by atoms with E-state index < -0.39 is 0 Å². The minimum atomic E-state index is 0.00931. The molecule has 6 N–H and O–H groups in total. The van der Waals surface area contributed by atoms with E-state index >= 15 is 0 Å². The third-order valence-corrected chi connectivity index (χ3v) is 5.39. The number of carbonyl (C=O) groups is 1. The largest absolute Gasteiger partial charge is 0.352 e. The summed E-state index contributed by atoms with van der Waals surface area (Å²) in [6.07, 6.45) is 2.06. The molecule has 0 radical (unpaired) electrons. The molecule has 176 valence electrons. The molecule has 31 heavy (non-hydrogen) atoms. The second-order valence-corrected chi connectivity index (χ2v) is 8.04. The number of carbonyl (C=O) groups excluding carboxylic acids is 1. The van der Waals surface area contributed by atoms with Gasteiger partial charge in [0.15, 0.2) is 0 Å². The number of nitrogens with one attached hydrogen (secondary N) is 6. The molecular formula is C23H43N7O. The van der Waals surface area contributed by atoms with Gasteiger partial charge in [-0.15, -0.1) is 0 Å². The molecule has 1 fully saturated rings. The first-order chi connectivity index (χ1) is 15.3. The maximum Gasteiger partial charge on any atom is 0.251 e. The predicted molar refractivity (Wildman–Crippen MR) is 129 cm³/mol. The molecule has 1 saturated heterocycles. The van der Waals surface area contributed by atoms with Gasteiger partial charge >= 0.3 is 0 Å². The number of amides is 1. The molecule has 0 spiro atoms. The Labute approximate surface area is 188 Å². The Morgan fingerprint density at radius 3 is 2.03 bits per heavy atom. The fourth-order valence-corrected chi connectivity index (χ4v) is 3.53. The highest BCUT2D eigenvalue weighted by atomic mass is 16.1. The van der Waals surface area contributed by atoms with Crippen molar-refractivity contribution in [3.8, 4) is 0 Å². The van der Waals surface area contributed by atoms with E-state index in [2.05, 4.69) is 48.9 Å². The molecule has 1 aromatic carbocycles. The van der Waals surface area contributed by atoms with Crippen LogP contribution in [0.1, 0.15) is 28.8 Å². The predicted octanol–water partition coefficient (Wildman–Crippen LogP) is -0.410. The lowest BCUT2D eigenvalue weighted by Crippen LogP contribution is -2.41. The molecule has 0 saturated carbocycles. The van der Waals surface area contributed by atoms with Crippen LogP contribution in [-0.4, -0.2) is 96.4 Å². The van der Waals surface area contributed by atoms with Gasteiger partial charge in [0, 0.05) is 71.0 Å². The minimum absolute atomic E-state index is 0.00931. The third-order valence-electron chi connectivity index (χ3n) is 5.39. The third kappa shape index (κ3) is 12.2. The van der Waals surface area contributed by atoms with Crippen molar-refractivity contribution in [3.63, 3.8) is 0 Å². The summed E-state index contributed by atoms with van der Waals surface area (Å²) in [7, 11) is 1.97. The number of hydrogen-bond donors (Lipinski definition) is 6. The van der Waals surface area contributed by atoms with Gasteiger partial charge in [-0.25, -0.2) is 0 Å². The zero-order valence-electron chi connectivity index (χ0n) is 19.3. The quantitative estimate of drug-likeness (QED) is 0.264. The highest BCUT2D eigenvalue weighted by Gasteiger charge is 2.09. The van der Waals surface area contributed by atoms with Gasteiger partial charge in [0.2, 0.25) is 0 Å². The van der Waals surface area contributed by atoms with Gasteiger partial charge in [-0.05, 0) is 57.2 Å². The fourth-order valence-electron chi connectivity index (χ4n) is 3.53. The van der Waals surface area contributed by atoms with Crippen molar-refractivity contribution in [2.75, 3.05) is 85.6 Å². The van der Waals surface area contributed by atoms with Crippen molar-refractivity contribution >= 4 is 5.91 Å². The van der Waals surface area contributed by atoms with Gasteiger partial charge in [-0.1, -0.05) is 12.1 Å². The molecule has 0 bridgehead atoms. The van der Waals surface area contributed by atoms with Crippen molar-refractivity contribution in [1.29, 1.82) is 0 Å². The molecule has 8 heteroatoms. The Balaban J connectivity index is 1.68. The van der Waals surface area contributed by atoms with E-state index in [1.165, 1.54) is 5.56 Å². The van der Waals surface area contributed by atoms with Crippen molar-refractivity contribution in [3.05, 3.63) is 35.4 Å². The summed E-state index contributed by atoms with van der Waals surface area (Å²) in [5.41, 5.74) is 1.98. The number of rotatable bonds is 11. The summed E-state index contributed by atoms with van der Waals surface area (Å²) in [6, 6.07) is 8.05. The van der Waals surface area contributed by atoms with Crippen LogP contribution < -0.4 is 31.9 Å². The zero-order chi connectivity index (χ0) is 22.0. The molecule has 0 atom stereocenters. The molecule has 1 amide bonds. The van der Waals surface area contributed by atoms with Crippen molar-refractivity contribution in [2.45, 2.75) is 19.4 Å². The average molecular weight is 434 g/mol.